The van der Waals surface area contributed by atoms with E-state index in [0.717, 1.165) is 30.0 Å². The van der Waals surface area contributed by atoms with Gasteiger partial charge in [0.15, 0.2) is 0 Å². The number of esters is 1. The molecule has 26 heavy (non-hydrogen) atoms. The van der Waals surface area contributed by atoms with Crippen molar-refractivity contribution >= 4 is 28.2 Å². The highest BCUT2D eigenvalue weighted by atomic mass is 35.5. The molecule has 1 aromatic carbocycles. The predicted octanol–water partition coefficient (Wildman–Crippen LogP) is -0.212. The van der Waals surface area contributed by atoms with Crippen LogP contribution in [0.15, 0.2) is 24.3 Å². The van der Waals surface area contributed by atoms with Crippen LogP contribution < -0.4 is 22.5 Å². The molecular weight excluding hydrogens is 376 g/mol. The van der Waals surface area contributed by atoms with Crippen molar-refractivity contribution in [3.8, 4) is 5.75 Å². The fourth-order valence-electron chi connectivity index (χ4n) is 2.85. The van der Waals surface area contributed by atoms with Crippen molar-refractivity contribution < 1.29 is 31.5 Å². The molecule has 3 rings (SSSR count). The third-order valence-electron chi connectivity index (χ3n) is 4.22. The van der Waals surface area contributed by atoms with Gasteiger partial charge in [-0.15, -0.1) is 11.3 Å². The van der Waals surface area contributed by atoms with Crippen LogP contribution in [0.4, 0.5) is 5.00 Å². The Morgan fingerprint density at radius 2 is 1.88 bits per heavy atom. The van der Waals surface area contributed by atoms with Gasteiger partial charge in [0.05, 0.1) is 19.8 Å². The van der Waals surface area contributed by atoms with Gasteiger partial charge in [-0.05, 0) is 43.3 Å². The Bertz CT molecular complexity index is 804. The number of nitrogens with zero attached hydrogens (tertiary/aromatic N) is 1. The molecule has 2 aromatic rings. The molecule has 8 heteroatoms. The number of ether oxygens (including phenoxy) is 2. The first kappa shape index (κ1) is 20.2. The average Bonchev–Trinajstić information content (AvgIpc) is 2.97. The van der Waals surface area contributed by atoms with Gasteiger partial charge in [0, 0.05) is 23.5 Å². The number of nitrogens with one attached hydrogen (secondary N) is 1. The maximum Gasteiger partial charge on any atom is 0.341 e. The van der Waals surface area contributed by atoms with Gasteiger partial charge in [0.1, 0.15) is 10.8 Å². The summed E-state index contributed by atoms with van der Waals surface area (Å²) < 4.78 is 10.0. The molecule has 0 fully saturated rings. The van der Waals surface area contributed by atoms with Crippen LogP contribution in [0, 0.1) is 0 Å². The Balaban J connectivity index is 0.00000243. The van der Waals surface area contributed by atoms with E-state index in [9.17, 15) is 9.59 Å². The Morgan fingerprint density at radius 1 is 1.19 bits per heavy atom. The van der Waals surface area contributed by atoms with Crippen molar-refractivity contribution in [2.75, 3.05) is 33.1 Å². The summed E-state index contributed by atoms with van der Waals surface area (Å²) >= 11 is 1.44. The van der Waals surface area contributed by atoms with Gasteiger partial charge in [0.2, 0.25) is 0 Å². The van der Waals surface area contributed by atoms with Crippen LogP contribution in [0.1, 0.15) is 31.2 Å². The maximum atomic E-state index is 12.5. The summed E-state index contributed by atoms with van der Waals surface area (Å²) in [5.41, 5.74) is 1.97. The molecule has 1 amide bonds. The number of thiophene rings is 1. The summed E-state index contributed by atoms with van der Waals surface area (Å²) in [6.45, 7) is 1.64. The first-order valence-corrected chi connectivity index (χ1v) is 8.72. The summed E-state index contributed by atoms with van der Waals surface area (Å²) in [7, 11) is 4.97. The lowest BCUT2D eigenvalue weighted by molar-refractivity contribution is -0.0000277. The normalized spacial score (nSPS) is 13.3. The van der Waals surface area contributed by atoms with Gasteiger partial charge in [-0.25, -0.2) is 4.79 Å². The van der Waals surface area contributed by atoms with Crippen LogP contribution in [-0.4, -0.2) is 44.6 Å². The van der Waals surface area contributed by atoms with E-state index in [1.54, 1.807) is 31.4 Å². The molecule has 1 aliphatic heterocycles. The lowest BCUT2D eigenvalue weighted by atomic mass is 10.0. The Kier molecular flexibility index (Phi) is 6.63. The van der Waals surface area contributed by atoms with Crippen LogP contribution >= 0.6 is 11.3 Å². The highest BCUT2D eigenvalue weighted by Crippen LogP contribution is 2.37. The molecule has 0 bridgehead atoms. The van der Waals surface area contributed by atoms with E-state index >= 15 is 0 Å². The van der Waals surface area contributed by atoms with Crippen molar-refractivity contribution in [1.82, 2.24) is 4.90 Å². The zero-order chi connectivity index (χ0) is 18.0. The second-order valence-corrected chi connectivity index (χ2v) is 6.98. The SMILES string of the molecule is COC(=O)c1c(NC(=O)c2ccc(OC)cc2)sc2c1CCN(C)C2.[Cl-]. The lowest BCUT2D eigenvalue weighted by Gasteiger charge is -2.22. The molecule has 0 unspecified atom stereocenters. The number of carbonyl (C=O) groups is 2. The largest absolute Gasteiger partial charge is 1.00 e. The molecule has 0 saturated heterocycles. The van der Waals surface area contributed by atoms with Crippen LogP contribution in [0.5, 0.6) is 5.75 Å². The summed E-state index contributed by atoms with van der Waals surface area (Å²) in [5.74, 6) is 0.00765. The maximum absolute atomic E-state index is 12.5. The van der Waals surface area contributed by atoms with Crippen LogP contribution in [0.2, 0.25) is 0 Å². The smallest absolute Gasteiger partial charge is 0.341 e. The molecule has 6 nitrogen and oxygen atoms in total. The van der Waals surface area contributed by atoms with Gasteiger partial charge >= 0.3 is 5.97 Å². The van der Waals surface area contributed by atoms with E-state index in [-0.39, 0.29) is 18.3 Å². The Hall–Kier alpha value is -2.09. The fraction of sp³-hybridized carbons (Fsp3) is 0.333. The molecule has 0 radical (unpaired) electrons. The molecule has 140 valence electrons. The predicted molar refractivity (Wildman–Crippen MR) is 96.6 cm³/mol. The number of likely N-dealkylation sites (N-methyl/N-ethyl adjacent to an activating group) is 1. The van der Waals surface area contributed by atoms with Gasteiger partial charge in [-0.1, -0.05) is 0 Å². The highest BCUT2D eigenvalue weighted by molar-refractivity contribution is 7.17. The van der Waals surface area contributed by atoms with Crippen molar-refractivity contribution in [1.29, 1.82) is 0 Å². The number of hydrogen-bond acceptors (Lipinski definition) is 6. The summed E-state index contributed by atoms with van der Waals surface area (Å²) in [5, 5.41) is 3.42. The van der Waals surface area contributed by atoms with Crippen molar-refractivity contribution in [3.05, 3.63) is 45.8 Å². The van der Waals surface area contributed by atoms with Crippen molar-refractivity contribution in [2.45, 2.75) is 13.0 Å². The van der Waals surface area contributed by atoms with Gasteiger partial charge in [-0.3, -0.25) is 4.79 Å². The molecule has 0 atom stereocenters. The van der Waals surface area contributed by atoms with E-state index in [0.29, 0.717) is 21.9 Å². The van der Waals surface area contributed by atoms with Crippen LogP contribution in [-0.2, 0) is 17.7 Å². The van der Waals surface area contributed by atoms with E-state index < -0.39 is 5.97 Å². The van der Waals surface area contributed by atoms with Gasteiger partial charge in [-0.2, -0.15) is 0 Å². The minimum atomic E-state index is -0.410. The second kappa shape index (κ2) is 8.53. The molecule has 1 aromatic heterocycles. The zero-order valence-electron chi connectivity index (χ0n) is 14.8. The summed E-state index contributed by atoms with van der Waals surface area (Å²) in [4.78, 5) is 28.1. The average molecular weight is 396 g/mol. The van der Waals surface area contributed by atoms with Crippen LogP contribution in [0.25, 0.3) is 0 Å². The number of methoxy groups -OCH3 is 2. The van der Waals surface area contributed by atoms with E-state index in [1.165, 1.54) is 18.4 Å². The third-order valence-corrected chi connectivity index (χ3v) is 5.35. The summed E-state index contributed by atoms with van der Waals surface area (Å²) in [6.07, 6.45) is 0.769. The Labute approximate surface area is 162 Å². The van der Waals surface area contributed by atoms with Crippen molar-refractivity contribution in [2.24, 2.45) is 0 Å². The Morgan fingerprint density at radius 3 is 2.50 bits per heavy atom. The lowest BCUT2D eigenvalue weighted by Crippen LogP contribution is -3.00. The van der Waals surface area contributed by atoms with Gasteiger partial charge in [0.25, 0.3) is 5.91 Å². The molecule has 2 heterocycles. The monoisotopic (exact) mass is 395 g/mol. The van der Waals surface area contributed by atoms with E-state index in [4.69, 9.17) is 9.47 Å². The minimum absolute atomic E-state index is 0. The van der Waals surface area contributed by atoms with Gasteiger partial charge < -0.3 is 32.1 Å². The molecule has 0 saturated carbocycles. The number of halogens is 1. The van der Waals surface area contributed by atoms with Crippen LogP contribution in [0.3, 0.4) is 0 Å². The highest BCUT2D eigenvalue weighted by Gasteiger charge is 2.28. The van der Waals surface area contributed by atoms with E-state index in [2.05, 4.69) is 10.2 Å². The number of benzene rings is 1. The fourth-order valence-corrected chi connectivity index (χ4v) is 4.17. The number of carbonyl (C=O) groups excluding carboxylic acids is 2. The second-order valence-electron chi connectivity index (χ2n) is 5.87. The number of hydrogen-bond donors (Lipinski definition) is 1. The standard InChI is InChI=1S/C18H20N2O4S.ClH/c1-20-9-8-13-14(10-20)25-17(15(13)18(22)24-3)19-16(21)11-4-6-12(23-2)7-5-11;/h4-7H,8-10H2,1-3H3,(H,19,21);1H/p-1. The molecule has 0 aliphatic carbocycles. The topological polar surface area (TPSA) is 67.9 Å². The first-order chi connectivity index (χ1) is 12.0. The number of amides is 1. The quantitative estimate of drug-likeness (QED) is 0.725. The number of rotatable bonds is 4. The minimum Gasteiger partial charge on any atom is -1.00 e. The molecule has 1 aliphatic rings. The number of fused-ring (bicyclic) bond motifs is 1. The first-order valence-electron chi connectivity index (χ1n) is 7.90. The third kappa shape index (κ3) is 4.00. The van der Waals surface area contributed by atoms with Crippen molar-refractivity contribution in [3.63, 3.8) is 0 Å². The molecule has 1 N–H and O–H groups in total. The zero-order valence-corrected chi connectivity index (χ0v) is 16.4. The van der Waals surface area contributed by atoms with E-state index in [1.807, 2.05) is 7.05 Å². The molecule has 0 spiro atoms. The number of anilines is 1. The molecular formula is C18H20ClN2O4S-. The summed E-state index contributed by atoms with van der Waals surface area (Å²) in [6, 6.07) is 6.83.